The van der Waals surface area contributed by atoms with Crippen molar-refractivity contribution in [3.05, 3.63) is 100 Å². The van der Waals surface area contributed by atoms with Gasteiger partial charge in [0, 0.05) is 24.3 Å². The highest BCUT2D eigenvalue weighted by molar-refractivity contribution is 6.06. The monoisotopic (exact) mass is 404 g/mol. The Kier molecular flexibility index (Phi) is 6.19. The number of carboxylic acid groups (broad SMARTS) is 1. The molecule has 8 nitrogen and oxygen atoms in total. The molecular weight excluding hydrogens is 388 g/mol. The van der Waals surface area contributed by atoms with E-state index < -0.39 is 16.8 Å². The highest BCUT2D eigenvalue weighted by Gasteiger charge is 2.13. The predicted molar refractivity (Wildman–Crippen MR) is 111 cm³/mol. The molecule has 0 fully saturated rings. The van der Waals surface area contributed by atoms with Crippen LogP contribution in [-0.4, -0.2) is 21.9 Å². The van der Waals surface area contributed by atoms with Crippen LogP contribution < -0.4 is 10.1 Å². The molecule has 0 spiro atoms. The fraction of sp³-hybridized carbons (Fsp3) is 0. The summed E-state index contributed by atoms with van der Waals surface area (Å²) in [6.45, 7) is 0. The third kappa shape index (κ3) is 5.29. The fourth-order valence-electron chi connectivity index (χ4n) is 2.59. The van der Waals surface area contributed by atoms with Crippen molar-refractivity contribution in [1.29, 1.82) is 0 Å². The molecule has 0 saturated carbocycles. The second-order valence-corrected chi connectivity index (χ2v) is 6.10. The van der Waals surface area contributed by atoms with Crippen LogP contribution in [-0.2, 0) is 4.79 Å². The molecule has 3 rings (SSSR count). The normalized spacial score (nSPS) is 10.5. The van der Waals surface area contributed by atoms with E-state index in [1.807, 2.05) is 6.07 Å². The van der Waals surface area contributed by atoms with Crippen molar-refractivity contribution in [2.45, 2.75) is 0 Å². The minimum Gasteiger partial charge on any atom is -0.478 e. The van der Waals surface area contributed by atoms with Crippen LogP contribution in [0.1, 0.15) is 15.9 Å². The number of amides is 1. The summed E-state index contributed by atoms with van der Waals surface area (Å²) >= 11 is 0. The summed E-state index contributed by atoms with van der Waals surface area (Å²) in [5, 5.41) is 22.7. The number of carboxylic acids is 1. The number of non-ortho nitro benzene ring substituents is 1. The average Bonchev–Trinajstić information content (AvgIpc) is 2.73. The summed E-state index contributed by atoms with van der Waals surface area (Å²) in [4.78, 5) is 34.1. The molecule has 0 bridgehead atoms. The molecule has 0 atom stereocenters. The van der Waals surface area contributed by atoms with E-state index in [0.29, 0.717) is 17.1 Å². The first-order valence-electron chi connectivity index (χ1n) is 8.76. The van der Waals surface area contributed by atoms with Gasteiger partial charge in [-0.3, -0.25) is 14.9 Å². The Morgan fingerprint density at radius 3 is 2.43 bits per heavy atom. The van der Waals surface area contributed by atoms with Crippen LogP contribution in [0.15, 0.2) is 78.9 Å². The van der Waals surface area contributed by atoms with Gasteiger partial charge in [-0.2, -0.15) is 0 Å². The number of ether oxygens (including phenoxy) is 1. The summed E-state index contributed by atoms with van der Waals surface area (Å²) in [5.41, 5.74) is 0.313. The number of hydrogen-bond acceptors (Lipinski definition) is 5. The molecule has 0 radical (unpaired) electrons. The number of nitrogens with zero attached hydrogens (tertiary/aromatic N) is 1. The standard InChI is InChI=1S/C22H16N2O6/c25-21(12-9-15-5-4-6-16(13-15)24(28)29)23-20-14-18(10-11-19(20)22(26)27)30-17-7-2-1-3-8-17/h1-14H,(H,23,25)(H,26,27)/b12-9+. The van der Waals surface area contributed by atoms with Crippen molar-refractivity contribution in [2.75, 3.05) is 5.32 Å². The van der Waals surface area contributed by atoms with Crippen LogP contribution in [0.3, 0.4) is 0 Å². The average molecular weight is 404 g/mol. The Morgan fingerprint density at radius 2 is 1.73 bits per heavy atom. The molecule has 1 amide bonds. The summed E-state index contributed by atoms with van der Waals surface area (Å²) in [5.74, 6) is -0.896. The third-order valence-electron chi connectivity index (χ3n) is 3.97. The predicted octanol–water partition coefficient (Wildman–Crippen LogP) is 4.74. The number of nitro benzene ring substituents is 1. The number of rotatable bonds is 7. The highest BCUT2D eigenvalue weighted by atomic mass is 16.6. The van der Waals surface area contributed by atoms with Gasteiger partial charge in [-0.15, -0.1) is 0 Å². The second kappa shape index (κ2) is 9.16. The van der Waals surface area contributed by atoms with Crippen LogP contribution in [0.25, 0.3) is 6.08 Å². The lowest BCUT2D eigenvalue weighted by Crippen LogP contribution is -2.12. The number of nitrogens with one attached hydrogen (secondary N) is 1. The van der Waals surface area contributed by atoms with E-state index in [-0.39, 0.29) is 16.9 Å². The van der Waals surface area contributed by atoms with Crippen molar-refractivity contribution in [1.82, 2.24) is 0 Å². The maximum Gasteiger partial charge on any atom is 0.337 e. The van der Waals surface area contributed by atoms with E-state index in [4.69, 9.17) is 4.74 Å². The molecule has 0 aliphatic heterocycles. The number of anilines is 1. The summed E-state index contributed by atoms with van der Waals surface area (Å²) in [6, 6.07) is 18.9. The first-order valence-corrected chi connectivity index (χ1v) is 8.76. The van der Waals surface area contributed by atoms with E-state index >= 15 is 0 Å². The van der Waals surface area contributed by atoms with Crippen LogP contribution >= 0.6 is 0 Å². The van der Waals surface area contributed by atoms with Crippen molar-refractivity contribution < 1.29 is 24.4 Å². The number of benzene rings is 3. The molecule has 0 unspecified atom stereocenters. The Balaban J connectivity index is 1.79. The van der Waals surface area contributed by atoms with Crippen molar-refractivity contribution in [2.24, 2.45) is 0 Å². The van der Waals surface area contributed by atoms with Gasteiger partial charge in [0.25, 0.3) is 5.69 Å². The molecule has 0 aliphatic carbocycles. The molecule has 0 heterocycles. The first-order chi connectivity index (χ1) is 14.4. The second-order valence-electron chi connectivity index (χ2n) is 6.10. The zero-order chi connectivity index (χ0) is 21.5. The SMILES string of the molecule is O=C(/C=C/c1cccc([N+](=O)[O-])c1)Nc1cc(Oc2ccccc2)ccc1C(=O)O. The molecule has 0 aromatic heterocycles. The molecule has 2 N–H and O–H groups in total. The summed E-state index contributed by atoms with van der Waals surface area (Å²) < 4.78 is 5.67. The van der Waals surface area contributed by atoms with Gasteiger partial charge in [-0.05, 0) is 35.9 Å². The Morgan fingerprint density at radius 1 is 0.967 bits per heavy atom. The van der Waals surface area contributed by atoms with Gasteiger partial charge in [0.15, 0.2) is 0 Å². The van der Waals surface area contributed by atoms with Gasteiger partial charge in [0.1, 0.15) is 11.5 Å². The number of carbonyl (C=O) groups is 2. The van der Waals surface area contributed by atoms with E-state index in [0.717, 1.165) is 6.08 Å². The molecule has 3 aromatic carbocycles. The van der Waals surface area contributed by atoms with Gasteiger partial charge in [-0.25, -0.2) is 4.79 Å². The van der Waals surface area contributed by atoms with Crippen molar-refractivity contribution >= 4 is 29.3 Å². The number of nitro groups is 1. The van der Waals surface area contributed by atoms with Gasteiger partial charge in [-0.1, -0.05) is 30.3 Å². The lowest BCUT2D eigenvalue weighted by Gasteiger charge is -2.11. The zero-order valence-corrected chi connectivity index (χ0v) is 15.5. The highest BCUT2D eigenvalue weighted by Crippen LogP contribution is 2.27. The van der Waals surface area contributed by atoms with Gasteiger partial charge >= 0.3 is 5.97 Å². The van der Waals surface area contributed by atoms with Crippen LogP contribution in [0.4, 0.5) is 11.4 Å². The Labute approximate surface area is 171 Å². The topological polar surface area (TPSA) is 119 Å². The van der Waals surface area contributed by atoms with E-state index in [1.54, 1.807) is 30.3 Å². The number of aromatic carboxylic acids is 1. The Hall–Kier alpha value is -4.46. The maximum absolute atomic E-state index is 12.3. The lowest BCUT2D eigenvalue weighted by atomic mass is 10.1. The minimum atomic E-state index is -1.21. The van der Waals surface area contributed by atoms with Crippen LogP contribution in [0.2, 0.25) is 0 Å². The van der Waals surface area contributed by atoms with Crippen LogP contribution in [0, 0.1) is 10.1 Å². The van der Waals surface area contributed by atoms with Crippen LogP contribution in [0.5, 0.6) is 11.5 Å². The summed E-state index contributed by atoms with van der Waals surface area (Å²) in [7, 11) is 0. The smallest absolute Gasteiger partial charge is 0.337 e. The Bertz CT molecular complexity index is 1130. The van der Waals surface area contributed by atoms with Crippen molar-refractivity contribution in [3.8, 4) is 11.5 Å². The van der Waals surface area contributed by atoms with Crippen molar-refractivity contribution in [3.63, 3.8) is 0 Å². The van der Waals surface area contributed by atoms with Gasteiger partial charge in [0.2, 0.25) is 5.91 Å². The zero-order valence-electron chi connectivity index (χ0n) is 15.5. The van der Waals surface area contributed by atoms with E-state index in [9.17, 15) is 24.8 Å². The number of carbonyl (C=O) groups excluding carboxylic acids is 1. The minimum absolute atomic E-state index is 0.0598. The van der Waals surface area contributed by atoms with E-state index in [1.165, 1.54) is 42.5 Å². The molecule has 150 valence electrons. The first kappa shape index (κ1) is 20.3. The number of para-hydroxylation sites is 1. The largest absolute Gasteiger partial charge is 0.478 e. The molecule has 3 aromatic rings. The van der Waals surface area contributed by atoms with Gasteiger partial charge in [0.05, 0.1) is 16.2 Å². The summed E-state index contributed by atoms with van der Waals surface area (Å²) in [6.07, 6.45) is 2.56. The molecule has 30 heavy (non-hydrogen) atoms. The molecule has 8 heteroatoms. The molecular formula is C22H16N2O6. The quantitative estimate of drug-likeness (QED) is 0.334. The van der Waals surface area contributed by atoms with Gasteiger partial charge < -0.3 is 15.2 Å². The van der Waals surface area contributed by atoms with E-state index in [2.05, 4.69) is 5.32 Å². The fourth-order valence-corrected chi connectivity index (χ4v) is 2.59. The lowest BCUT2D eigenvalue weighted by molar-refractivity contribution is -0.384. The third-order valence-corrected chi connectivity index (χ3v) is 3.97. The molecule has 0 aliphatic rings. The maximum atomic E-state index is 12.3. The molecule has 0 saturated heterocycles. The number of hydrogen-bond donors (Lipinski definition) is 2.